The van der Waals surface area contributed by atoms with E-state index in [1.165, 1.54) is 0 Å². The van der Waals surface area contributed by atoms with E-state index in [2.05, 4.69) is 33.2 Å². The van der Waals surface area contributed by atoms with Crippen molar-refractivity contribution in [3.8, 4) is 5.75 Å². The van der Waals surface area contributed by atoms with Crippen molar-refractivity contribution in [1.82, 2.24) is 4.98 Å². The van der Waals surface area contributed by atoms with E-state index in [4.69, 9.17) is 27.9 Å². The van der Waals surface area contributed by atoms with Gasteiger partial charge in [0.15, 0.2) is 0 Å². The lowest BCUT2D eigenvalue weighted by Crippen LogP contribution is -2.05. The largest absolute Gasteiger partial charge is 0.486 e. The van der Waals surface area contributed by atoms with Crippen molar-refractivity contribution in [1.29, 1.82) is 0 Å². The molecule has 3 nitrogen and oxygen atoms in total. The summed E-state index contributed by atoms with van der Waals surface area (Å²) in [6, 6.07) is 9.19. The standard InChI is InChI=1S/C15H15BrCl2N2O/c1-2-6-19-15-5-3-4-10(20-15)9-21-14-8-12(17)11(16)7-13(14)18/h3-5,7-8H,2,6,9H2,1H3,(H,19,20). The van der Waals surface area contributed by atoms with Crippen molar-refractivity contribution >= 4 is 44.9 Å². The summed E-state index contributed by atoms with van der Waals surface area (Å²) in [5.74, 6) is 1.39. The maximum atomic E-state index is 6.12. The smallest absolute Gasteiger partial charge is 0.140 e. The van der Waals surface area contributed by atoms with E-state index in [-0.39, 0.29) is 0 Å². The fourth-order valence-electron chi connectivity index (χ4n) is 1.68. The summed E-state index contributed by atoms with van der Waals surface area (Å²) in [4.78, 5) is 4.47. The monoisotopic (exact) mass is 388 g/mol. The molecule has 0 atom stereocenters. The van der Waals surface area contributed by atoms with E-state index in [1.54, 1.807) is 12.1 Å². The van der Waals surface area contributed by atoms with Gasteiger partial charge >= 0.3 is 0 Å². The first-order chi connectivity index (χ1) is 10.1. The average Bonchev–Trinajstić information content (AvgIpc) is 2.48. The van der Waals surface area contributed by atoms with E-state index < -0.39 is 0 Å². The first-order valence-electron chi connectivity index (χ1n) is 6.57. The van der Waals surface area contributed by atoms with Crippen LogP contribution >= 0.6 is 39.1 Å². The molecule has 1 heterocycles. The Morgan fingerprint density at radius 1 is 1.24 bits per heavy atom. The van der Waals surface area contributed by atoms with Gasteiger partial charge in [-0.2, -0.15) is 0 Å². The van der Waals surface area contributed by atoms with Gasteiger partial charge in [-0.15, -0.1) is 0 Å². The van der Waals surface area contributed by atoms with Gasteiger partial charge in [-0.3, -0.25) is 0 Å². The molecule has 2 rings (SSSR count). The van der Waals surface area contributed by atoms with Gasteiger partial charge in [-0.25, -0.2) is 4.98 Å². The second-order valence-corrected chi connectivity index (χ2v) is 6.10. The Bertz CT molecular complexity index is 623. The molecule has 0 radical (unpaired) electrons. The molecule has 0 bridgehead atoms. The molecule has 0 fully saturated rings. The summed E-state index contributed by atoms with van der Waals surface area (Å²) >= 11 is 15.5. The lowest BCUT2D eigenvalue weighted by molar-refractivity contribution is 0.301. The van der Waals surface area contributed by atoms with E-state index in [0.29, 0.717) is 22.4 Å². The molecule has 0 saturated heterocycles. The number of pyridine rings is 1. The van der Waals surface area contributed by atoms with Crippen molar-refractivity contribution in [2.75, 3.05) is 11.9 Å². The van der Waals surface area contributed by atoms with Crippen LogP contribution in [-0.4, -0.2) is 11.5 Å². The molecule has 0 aliphatic carbocycles. The topological polar surface area (TPSA) is 34.1 Å². The number of halogens is 3. The molecule has 2 aromatic rings. The third-order valence-corrected chi connectivity index (χ3v) is 4.21. The average molecular weight is 390 g/mol. The van der Waals surface area contributed by atoms with Crippen LogP contribution in [0.2, 0.25) is 10.0 Å². The first-order valence-corrected chi connectivity index (χ1v) is 8.12. The van der Waals surface area contributed by atoms with Crippen molar-refractivity contribution in [2.45, 2.75) is 20.0 Å². The zero-order valence-electron chi connectivity index (χ0n) is 11.5. The highest BCUT2D eigenvalue weighted by atomic mass is 79.9. The molecule has 0 unspecified atom stereocenters. The Kier molecular flexibility index (Phi) is 6.15. The lowest BCUT2D eigenvalue weighted by atomic mass is 10.3. The third kappa shape index (κ3) is 4.77. The van der Waals surface area contributed by atoms with Gasteiger partial charge in [0.2, 0.25) is 0 Å². The minimum absolute atomic E-state index is 0.333. The predicted molar refractivity (Wildman–Crippen MR) is 91.5 cm³/mol. The summed E-state index contributed by atoms with van der Waals surface area (Å²) in [5.41, 5.74) is 0.825. The molecule has 1 aromatic carbocycles. The maximum Gasteiger partial charge on any atom is 0.140 e. The Morgan fingerprint density at radius 3 is 2.81 bits per heavy atom. The number of rotatable bonds is 6. The van der Waals surface area contributed by atoms with Gasteiger partial charge in [0.1, 0.15) is 18.2 Å². The molecule has 0 saturated carbocycles. The van der Waals surface area contributed by atoms with E-state index in [9.17, 15) is 0 Å². The van der Waals surface area contributed by atoms with Crippen molar-refractivity contribution in [3.63, 3.8) is 0 Å². The second-order valence-electron chi connectivity index (χ2n) is 4.43. The molecule has 1 aromatic heterocycles. The zero-order valence-corrected chi connectivity index (χ0v) is 14.6. The summed E-state index contributed by atoms with van der Waals surface area (Å²) in [6.45, 7) is 3.34. The molecule has 112 valence electrons. The molecule has 21 heavy (non-hydrogen) atoms. The van der Waals surface area contributed by atoms with E-state index in [1.807, 2.05) is 18.2 Å². The zero-order chi connectivity index (χ0) is 15.2. The highest BCUT2D eigenvalue weighted by molar-refractivity contribution is 9.10. The quantitative estimate of drug-likeness (QED) is 0.657. The van der Waals surface area contributed by atoms with E-state index >= 15 is 0 Å². The molecule has 0 aliphatic heterocycles. The molecule has 0 aliphatic rings. The number of benzene rings is 1. The molecule has 0 spiro atoms. The molecule has 0 amide bonds. The van der Waals surface area contributed by atoms with Crippen LogP contribution in [0.5, 0.6) is 5.75 Å². The van der Waals surface area contributed by atoms with Gasteiger partial charge in [0.05, 0.1) is 15.7 Å². The first kappa shape index (κ1) is 16.4. The Hall–Kier alpha value is -0.970. The van der Waals surface area contributed by atoms with Crippen molar-refractivity contribution < 1.29 is 4.74 Å². The molecular weight excluding hydrogens is 375 g/mol. The highest BCUT2D eigenvalue weighted by Gasteiger charge is 2.07. The van der Waals surface area contributed by atoms with Crippen molar-refractivity contribution in [3.05, 3.63) is 50.5 Å². The van der Waals surface area contributed by atoms with Gasteiger partial charge in [-0.1, -0.05) is 36.2 Å². The van der Waals surface area contributed by atoms with E-state index in [0.717, 1.165) is 29.0 Å². The molecule has 6 heteroatoms. The highest BCUT2D eigenvalue weighted by Crippen LogP contribution is 2.34. The second kappa shape index (κ2) is 7.87. The maximum absolute atomic E-state index is 6.12. The third-order valence-electron chi connectivity index (χ3n) is 2.71. The summed E-state index contributed by atoms with van der Waals surface area (Å²) in [7, 11) is 0. The van der Waals surface area contributed by atoms with Crippen LogP contribution in [0.4, 0.5) is 5.82 Å². The minimum atomic E-state index is 0.333. The summed E-state index contributed by atoms with van der Waals surface area (Å²) in [6.07, 6.45) is 1.05. The predicted octanol–water partition coefficient (Wildman–Crippen LogP) is 5.55. The van der Waals surface area contributed by atoms with Gasteiger partial charge in [0, 0.05) is 17.1 Å². The fourth-order valence-corrected chi connectivity index (χ4v) is 2.53. The lowest BCUT2D eigenvalue weighted by Gasteiger charge is -2.10. The minimum Gasteiger partial charge on any atom is -0.486 e. The van der Waals surface area contributed by atoms with Crippen LogP contribution in [0.25, 0.3) is 0 Å². The number of aromatic nitrogens is 1. The van der Waals surface area contributed by atoms with Gasteiger partial charge in [-0.05, 0) is 40.5 Å². The van der Waals surface area contributed by atoms with Crippen LogP contribution in [-0.2, 0) is 6.61 Å². The SMILES string of the molecule is CCCNc1cccc(COc2cc(Cl)c(Br)cc2Cl)n1. The number of ether oxygens (including phenoxy) is 1. The molecular formula is C15H15BrCl2N2O. The summed E-state index contributed by atoms with van der Waals surface area (Å²) < 4.78 is 6.43. The molecule has 1 N–H and O–H groups in total. The van der Waals surface area contributed by atoms with Gasteiger partial charge < -0.3 is 10.1 Å². The number of nitrogens with zero attached hydrogens (tertiary/aromatic N) is 1. The number of anilines is 1. The fraction of sp³-hybridized carbons (Fsp3) is 0.267. The number of hydrogen-bond acceptors (Lipinski definition) is 3. The van der Waals surface area contributed by atoms with Crippen LogP contribution in [0.1, 0.15) is 19.0 Å². The van der Waals surface area contributed by atoms with Crippen LogP contribution in [0.15, 0.2) is 34.8 Å². The Balaban J connectivity index is 2.04. The van der Waals surface area contributed by atoms with Gasteiger partial charge in [0.25, 0.3) is 0 Å². The Morgan fingerprint density at radius 2 is 2.05 bits per heavy atom. The number of hydrogen-bond donors (Lipinski definition) is 1. The Labute approximate surface area is 142 Å². The van der Waals surface area contributed by atoms with Crippen molar-refractivity contribution in [2.24, 2.45) is 0 Å². The van der Waals surface area contributed by atoms with Crippen LogP contribution < -0.4 is 10.1 Å². The normalized spacial score (nSPS) is 10.5. The number of nitrogens with one attached hydrogen (secondary N) is 1. The van der Waals surface area contributed by atoms with Crippen LogP contribution in [0, 0.1) is 0 Å². The van der Waals surface area contributed by atoms with Crippen LogP contribution in [0.3, 0.4) is 0 Å². The summed E-state index contributed by atoms with van der Waals surface area (Å²) in [5, 5.41) is 4.30.